The van der Waals surface area contributed by atoms with E-state index in [-0.39, 0.29) is 17.7 Å². The van der Waals surface area contributed by atoms with Crippen molar-refractivity contribution in [3.8, 4) is 0 Å². The Balaban J connectivity index is 1.94. The number of carbonyl (C=O) groups is 2. The van der Waals surface area contributed by atoms with Gasteiger partial charge in [0.05, 0.1) is 6.04 Å². The van der Waals surface area contributed by atoms with Crippen LogP contribution < -0.4 is 10.6 Å². The number of hydrogen-bond acceptors (Lipinski definition) is 4. The monoisotopic (exact) mass is 289 g/mol. The molecular formula is C16H23N3O2. The van der Waals surface area contributed by atoms with E-state index in [1.165, 1.54) is 0 Å². The van der Waals surface area contributed by atoms with Gasteiger partial charge in [0.2, 0.25) is 5.91 Å². The number of amides is 1. The molecule has 1 fully saturated rings. The molecule has 0 aromatic heterocycles. The number of nitrogens with two attached hydrogens (primary N) is 1. The van der Waals surface area contributed by atoms with Crippen molar-refractivity contribution in [2.45, 2.75) is 26.3 Å². The van der Waals surface area contributed by atoms with E-state index in [1.54, 1.807) is 6.92 Å². The zero-order valence-corrected chi connectivity index (χ0v) is 12.7. The summed E-state index contributed by atoms with van der Waals surface area (Å²) in [5, 5.41) is 0. The van der Waals surface area contributed by atoms with Crippen LogP contribution in [-0.4, -0.2) is 48.8 Å². The first-order valence-corrected chi connectivity index (χ1v) is 7.43. The molecule has 21 heavy (non-hydrogen) atoms. The highest BCUT2D eigenvalue weighted by atomic mass is 16.2. The molecule has 5 heteroatoms. The Hall–Kier alpha value is -1.88. The summed E-state index contributed by atoms with van der Waals surface area (Å²) >= 11 is 0. The van der Waals surface area contributed by atoms with Crippen LogP contribution in [0.3, 0.4) is 0 Å². The number of Topliss-reactive ketones (excluding diaryl/α,β-unsaturated/α-hetero) is 1. The van der Waals surface area contributed by atoms with E-state index in [0.29, 0.717) is 19.5 Å². The molecule has 1 amide bonds. The highest BCUT2D eigenvalue weighted by Gasteiger charge is 2.24. The van der Waals surface area contributed by atoms with E-state index in [4.69, 9.17) is 5.73 Å². The molecule has 1 aromatic carbocycles. The summed E-state index contributed by atoms with van der Waals surface area (Å²) in [6.07, 6.45) is 0.672. The molecule has 114 valence electrons. The fourth-order valence-corrected chi connectivity index (χ4v) is 2.50. The first-order chi connectivity index (χ1) is 10.0. The Morgan fingerprint density at radius 2 is 1.71 bits per heavy atom. The smallest absolute Gasteiger partial charge is 0.239 e. The third-order valence-electron chi connectivity index (χ3n) is 3.99. The summed E-state index contributed by atoms with van der Waals surface area (Å²) in [7, 11) is 0. The summed E-state index contributed by atoms with van der Waals surface area (Å²) in [6.45, 7) is 6.47. The second kappa shape index (κ2) is 6.72. The van der Waals surface area contributed by atoms with Gasteiger partial charge in [0, 0.05) is 37.4 Å². The maximum Gasteiger partial charge on any atom is 0.239 e. The average Bonchev–Trinajstić information content (AvgIpc) is 2.53. The number of benzene rings is 1. The van der Waals surface area contributed by atoms with Gasteiger partial charge < -0.3 is 15.5 Å². The van der Waals surface area contributed by atoms with Crippen LogP contribution in [0.1, 0.15) is 30.6 Å². The van der Waals surface area contributed by atoms with E-state index in [1.807, 2.05) is 36.1 Å². The van der Waals surface area contributed by atoms with Gasteiger partial charge in [-0.25, -0.2) is 0 Å². The zero-order chi connectivity index (χ0) is 15.4. The van der Waals surface area contributed by atoms with Crippen LogP contribution >= 0.6 is 0 Å². The van der Waals surface area contributed by atoms with Gasteiger partial charge in [0.25, 0.3) is 0 Å². The molecular weight excluding hydrogens is 266 g/mol. The van der Waals surface area contributed by atoms with Gasteiger partial charge in [-0.1, -0.05) is 6.92 Å². The third-order valence-corrected chi connectivity index (χ3v) is 3.99. The standard InChI is InChI=1S/C16H23N3O2/c1-3-15(17)16(21)19-10-8-18(9-11-19)14-6-4-13(5-7-14)12(2)20/h4-7,15H,3,8-11,17H2,1-2H3/t15-/m0/s1. The van der Waals surface area contributed by atoms with Crippen LogP contribution in [0.25, 0.3) is 0 Å². The summed E-state index contributed by atoms with van der Waals surface area (Å²) in [5.74, 6) is 0.120. The predicted molar refractivity (Wildman–Crippen MR) is 83.5 cm³/mol. The number of piperazine rings is 1. The number of nitrogens with zero attached hydrogens (tertiary/aromatic N) is 2. The average molecular weight is 289 g/mol. The van der Waals surface area contributed by atoms with Gasteiger partial charge in [-0.3, -0.25) is 9.59 Å². The number of hydrogen-bond donors (Lipinski definition) is 1. The van der Waals surface area contributed by atoms with Crippen molar-refractivity contribution in [1.29, 1.82) is 0 Å². The van der Waals surface area contributed by atoms with E-state index < -0.39 is 0 Å². The van der Waals surface area contributed by atoms with Crippen molar-refractivity contribution >= 4 is 17.4 Å². The van der Waals surface area contributed by atoms with Crippen molar-refractivity contribution in [1.82, 2.24) is 4.90 Å². The molecule has 0 aliphatic carbocycles. The van der Waals surface area contributed by atoms with Crippen molar-refractivity contribution < 1.29 is 9.59 Å². The SMILES string of the molecule is CC[C@H](N)C(=O)N1CCN(c2ccc(C(C)=O)cc2)CC1. The quantitative estimate of drug-likeness (QED) is 0.848. The molecule has 2 N–H and O–H groups in total. The molecule has 1 heterocycles. The van der Waals surface area contributed by atoms with E-state index >= 15 is 0 Å². The van der Waals surface area contributed by atoms with Gasteiger partial charge in [-0.2, -0.15) is 0 Å². The minimum atomic E-state index is -0.383. The lowest BCUT2D eigenvalue weighted by Crippen LogP contribution is -2.53. The Labute approximate surface area is 125 Å². The Morgan fingerprint density at radius 1 is 1.14 bits per heavy atom. The second-order valence-corrected chi connectivity index (χ2v) is 5.43. The first-order valence-electron chi connectivity index (χ1n) is 7.43. The Bertz CT molecular complexity index is 505. The summed E-state index contributed by atoms with van der Waals surface area (Å²) < 4.78 is 0. The largest absolute Gasteiger partial charge is 0.368 e. The lowest BCUT2D eigenvalue weighted by molar-refractivity contribution is -0.132. The van der Waals surface area contributed by atoms with Crippen LogP contribution in [-0.2, 0) is 4.79 Å². The molecule has 0 bridgehead atoms. The third kappa shape index (κ3) is 3.61. The van der Waals surface area contributed by atoms with E-state index in [0.717, 1.165) is 24.3 Å². The molecule has 1 aliphatic heterocycles. The maximum absolute atomic E-state index is 12.0. The number of rotatable bonds is 4. The lowest BCUT2D eigenvalue weighted by Gasteiger charge is -2.37. The fraction of sp³-hybridized carbons (Fsp3) is 0.500. The molecule has 1 aliphatic rings. The van der Waals surface area contributed by atoms with Gasteiger partial charge in [0.15, 0.2) is 5.78 Å². The highest BCUT2D eigenvalue weighted by Crippen LogP contribution is 2.18. The van der Waals surface area contributed by atoms with Crippen LogP contribution in [0.15, 0.2) is 24.3 Å². The van der Waals surface area contributed by atoms with E-state index in [2.05, 4.69) is 4.90 Å². The topological polar surface area (TPSA) is 66.6 Å². The number of ketones is 1. The van der Waals surface area contributed by atoms with Crippen LogP contribution in [0.5, 0.6) is 0 Å². The fourth-order valence-electron chi connectivity index (χ4n) is 2.50. The minimum absolute atomic E-state index is 0.0454. The van der Waals surface area contributed by atoms with Gasteiger partial charge in [0.1, 0.15) is 0 Å². The molecule has 1 saturated heterocycles. The normalized spacial score (nSPS) is 16.7. The van der Waals surface area contributed by atoms with E-state index in [9.17, 15) is 9.59 Å². The van der Waals surface area contributed by atoms with Gasteiger partial charge in [-0.15, -0.1) is 0 Å². The van der Waals surface area contributed by atoms with Crippen molar-refractivity contribution in [2.24, 2.45) is 5.73 Å². The molecule has 1 atom stereocenters. The molecule has 0 saturated carbocycles. The second-order valence-electron chi connectivity index (χ2n) is 5.43. The molecule has 0 unspecified atom stereocenters. The molecule has 0 spiro atoms. The molecule has 2 rings (SSSR count). The molecule has 1 aromatic rings. The van der Waals surface area contributed by atoms with Crippen LogP contribution in [0.4, 0.5) is 5.69 Å². The van der Waals surface area contributed by atoms with Crippen molar-refractivity contribution in [2.75, 3.05) is 31.1 Å². The molecule has 5 nitrogen and oxygen atoms in total. The summed E-state index contributed by atoms with van der Waals surface area (Å²) in [5.41, 5.74) is 7.61. The first kappa shape index (κ1) is 15.5. The summed E-state index contributed by atoms with van der Waals surface area (Å²) in [4.78, 5) is 27.4. The summed E-state index contributed by atoms with van der Waals surface area (Å²) in [6, 6.07) is 7.24. The van der Waals surface area contributed by atoms with Gasteiger partial charge >= 0.3 is 0 Å². The van der Waals surface area contributed by atoms with Crippen molar-refractivity contribution in [3.05, 3.63) is 29.8 Å². The Morgan fingerprint density at radius 3 is 2.19 bits per heavy atom. The lowest BCUT2D eigenvalue weighted by atomic mass is 10.1. The van der Waals surface area contributed by atoms with Crippen molar-refractivity contribution in [3.63, 3.8) is 0 Å². The molecule has 0 radical (unpaired) electrons. The zero-order valence-electron chi connectivity index (χ0n) is 12.7. The number of carbonyl (C=O) groups excluding carboxylic acids is 2. The Kier molecular flexibility index (Phi) is 4.96. The minimum Gasteiger partial charge on any atom is -0.368 e. The van der Waals surface area contributed by atoms with Gasteiger partial charge in [-0.05, 0) is 37.6 Å². The highest BCUT2D eigenvalue weighted by molar-refractivity contribution is 5.94. The van der Waals surface area contributed by atoms with Crippen LogP contribution in [0.2, 0.25) is 0 Å². The van der Waals surface area contributed by atoms with Crippen LogP contribution in [0, 0.1) is 0 Å². The number of anilines is 1. The predicted octanol–water partition coefficient (Wildman–Crippen LogP) is 1.28. The maximum atomic E-state index is 12.0.